The Kier molecular flexibility index (Phi) is 3.94. The Hall–Kier alpha value is -1.61. The van der Waals surface area contributed by atoms with Crippen molar-refractivity contribution in [3.05, 3.63) is 35.5 Å². The highest BCUT2D eigenvalue weighted by atomic mass is 35.5. The van der Waals surface area contributed by atoms with E-state index in [9.17, 15) is 4.79 Å². The Bertz CT molecular complexity index is 528. The summed E-state index contributed by atoms with van der Waals surface area (Å²) in [6.07, 6.45) is 3.82. The molecular weight excluding hydrogens is 238 g/mol. The summed E-state index contributed by atoms with van der Waals surface area (Å²) in [5.41, 5.74) is 0.756. The van der Waals surface area contributed by atoms with Gasteiger partial charge < -0.3 is 9.53 Å². The highest BCUT2D eigenvalue weighted by Gasteiger charge is 2.06. The highest BCUT2D eigenvalue weighted by Crippen LogP contribution is 2.29. The molecule has 2 rings (SSSR count). The van der Waals surface area contributed by atoms with Crippen LogP contribution in [-0.4, -0.2) is 17.9 Å². The first-order chi connectivity index (χ1) is 8.33. The number of aldehydes is 1. The van der Waals surface area contributed by atoms with Gasteiger partial charge in [0.05, 0.1) is 11.6 Å². The van der Waals surface area contributed by atoms with Crippen molar-refractivity contribution in [3.63, 3.8) is 0 Å². The van der Waals surface area contributed by atoms with E-state index in [1.165, 1.54) is 0 Å². The predicted octanol–water partition coefficient (Wildman–Crippen LogP) is 3.25. The van der Waals surface area contributed by atoms with Gasteiger partial charge in [-0.15, -0.1) is 0 Å². The molecule has 0 bridgehead atoms. The van der Waals surface area contributed by atoms with Gasteiger partial charge in [-0.1, -0.05) is 11.6 Å². The summed E-state index contributed by atoms with van der Waals surface area (Å²) in [4.78, 5) is 14.4. The van der Waals surface area contributed by atoms with Crippen LogP contribution in [0.1, 0.15) is 12.8 Å². The number of hydrogen-bond acceptors (Lipinski definition) is 3. The molecule has 1 aromatic carbocycles. The predicted molar refractivity (Wildman–Crippen MR) is 67.5 cm³/mol. The highest BCUT2D eigenvalue weighted by molar-refractivity contribution is 6.35. The lowest BCUT2D eigenvalue weighted by Gasteiger charge is -2.08. The fourth-order valence-corrected chi connectivity index (χ4v) is 1.79. The molecule has 1 aromatic heterocycles. The van der Waals surface area contributed by atoms with Crippen molar-refractivity contribution in [2.45, 2.75) is 12.8 Å². The van der Waals surface area contributed by atoms with E-state index < -0.39 is 0 Å². The van der Waals surface area contributed by atoms with Crippen molar-refractivity contribution in [3.8, 4) is 5.75 Å². The molecule has 0 atom stereocenters. The Labute approximate surface area is 104 Å². The number of unbranched alkanes of at least 4 members (excludes halogenated alkanes) is 1. The van der Waals surface area contributed by atoms with Crippen LogP contribution in [0.15, 0.2) is 30.5 Å². The molecule has 1 heterocycles. The van der Waals surface area contributed by atoms with Crippen molar-refractivity contribution < 1.29 is 9.53 Å². The van der Waals surface area contributed by atoms with Crippen LogP contribution in [-0.2, 0) is 4.79 Å². The summed E-state index contributed by atoms with van der Waals surface area (Å²) in [5, 5.41) is 1.54. The first-order valence-corrected chi connectivity index (χ1v) is 5.80. The minimum atomic E-state index is 0.506. The van der Waals surface area contributed by atoms with E-state index in [2.05, 4.69) is 4.98 Å². The molecule has 0 aliphatic carbocycles. The van der Waals surface area contributed by atoms with Gasteiger partial charge in [0.1, 0.15) is 17.6 Å². The third-order valence-electron chi connectivity index (χ3n) is 2.40. The van der Waals surface area contributed by atoms with Gasteiger partial charge in [-0.3, -0.25) is 4.98 Å². The second kappa shape index (κ2) is 5.64. The summed E-state index contributed by atoms with van der Waals surface area (Å²) < 4.78 is 5.60. The fourth-order valence-electron chi connectivity index (χ4n) is 1.58. The first-order valence-electron chi connectivity index (χ1n) is 5.42. The van der Waals surface area contributed by atoms with Gasteiger partial charge in [-0.2, -0.15) is 0 Å². The summed E-state index contributed by atoms with van der Waals surface area (Å²) in [6.45, 7) is 0.506. The SMILES string of the molecule is O=CCCCOc1ccc(Cl)c2cccnc12. The smallest absolute Gasteiger partial charge is 0.145 e. The van der Waals surface area contributed by atoms with Crippen LogP contribution in [0.25, 0.3) is 10.9 Å². The number of carbonyl (C=O) groups excluding carboxylic acids is 1. The van der Waals surface area contributed by atoms with Crippen molar-refractivity contribution in [1.29, 1.82) is 0 Å². The number of rotatable bonds is 5. The molecule has 0 aliphatic heterocycles. The topological polar surface area (TPSA) is 39.2 Å². The summed E-state index contributed by atoms with van der Waals surface area (Å²) >= 11 is 6.07. The lowest BCUT2D eigenvalue weighted by molar-refractivity contribution is -0.108. The van der Waals surface area contributed by atoms with E-state index in [-0.39, 0.29) is 0 Å². The number of fused-ring (bicyclic) bond motifs is 1. The maximum Gasteiger partial charge on any atom is 0.145 e. The summed E-state index contributed by atoms with van der Waals surface area (Å²) in [7, 11) is 0. The molecule has 2 aromatic rings. The number of ether oxygens (including phenoxy) is 1. The molecule has 17 heavy (non-hydrogen) atoms. The van der Waals surface area contributed by atoms with Crippen LogP contribution in [0, 0.1) is 0 Å². The van der Waals surface area contributed by atoms with Crippen molar-refractivity contribution >= 4 is 28.8 Å². The zero-order chi connectivity index (χ0) is 12.1. The number of pyridine rings is 1. The number of benzene rings is 1. The van der Waals surface area contributed by atoms with Crippen LogP contribution in [0.2, 0.25) is 5.02 Å². The minimum absolute atomic E-state index is 0.506. The Morgan fingerprint density at radius 1 is 1.35 bits per heavy atom. The summed E-state index contributed by atoms with van der Waals surface area (Å²) in [5.74, 6) is 0.705. The molecule has 88 valence electrons. The fraction of sp³-hybridized carbons (Fsp3) is 0.231. The monoisotopic (exact) mass is 249 g/mol. The van der Waals surface area contributed by atoms with Gasteiger partial charge in [0, 0.05) is 18.0 Å². The number of aromatic nitrogens is 1. The Balaban J connectivity index is 2.22. The van der Waals surface area contributed by atoms with E-state index in [4.69, 9.17) is 16.3 Å². The molecule has 0 radical (unpaired) electrons. The van der Waals surface area contributed by atoms with E-state index in [0.717, 1.165) is 17.2 Å². The van der Waals surface area contributed by atoms with E-state index in [1.807, 2.05) is 12.1 Å². The second-order valence-electron chi connectivity index (χ2n) is 3.60. The van der Waals surface area contributed by atoms with Crippen LogP contribution < -0.4 is 4.74 Å². The van der Waals surface area contributed by atoms with Crippen molar-refractivity contribution in [2.75, 3.05) is 6.61 Å². The largest absolute Gasteiger partial charge is 0.491 e. The molecule has 0 spiro atoms. The second-order valence-corrected chi connectivity index (χ2v) is 4.01. The van der Waals surface area contributed by atoms with Crippen molar-refractivity contribution in [2.24, 2.45) is 0 Å². The van der Waals surface area contributed by atoms with Crippen LogP contribution >= 0.6 is 11.6 Å². The quantitative estimate of drug-likeness (QED) is 0.603. The molecule has 0 fully saturated rings. The third kappa shape index (κ3) is 2.74. The number of nitrogens with zero attached hydrogens (tertiary/aromatic N) is 1. The third-order valence-corrected chi connectivity index (χ3v) is 2.73. The molecular formula is C13H12ClNO2. The minimum Gasteiger partial charge on any atom is -0.491 e. The molecule has 0 aliphatic rings. The van der Waals surface area contributed by atoms with E-state index in [1.54, 1.807) is 18.3 Å². The molecule has 0 amide bonds. The molecule has 0 saturated carbocycles. The lowest BCUT2D eigenvalue weighted by Crippen LogP contribution is -1.98. The standard InChI is InChI=1S/C13H12ClNO2/c14-11-5-6-12(17-9-2-1-8-16)13-10(11)4-3-7-15-13/h3-8H,1-2,9H2. The van der Waals surface area contributed by atoms with Gasteiger partial charge in [0.25, 0.3) is 0 Å². The normalized spacial score (nSPS) is 10.4. The van der Waals surface area contributed by atoms with E-state index in [0.29, 0.717) is 30.2 Å². The number of hydrogen-bond donors (Lipinski definition) is 0. The number of halogens is 1. The summed E-state index contributed by atoms with van der Waals surface area (Å²) in [6, 6.07) is 7.34. The zero-order valence-corrected chi connectivity index (χ0v) is 9.98. The number of carbonyl (C=O) groups is 1. The van der Waals surface area contributed by atoms with E-state index >= 15 is 0 Å². The molecule has 3 nitrogen and oxygen atoms in total. The van der Waals surface area contributed by atoms with Gasteiger partial charge in [0.15, 0.2) is 0 Å². The maximum atomic E-state index is 10.2. The zero-order valence-electron chi connectivity index (χ0n) is 9.23. The average molecular weight is 250 g/mol. The molecule has 4 heteroatoms. The van der Waals surface area contributed by atoms with Crippen LogP contribution in [0.4, 0.5) is 0 Å². The van der Waals surface area contributed by atoms with Crippen LogP contribution in [0.5, 0.6) is 5.75 Å². The first kappa shape index (κ1) is 11.9. The van der Waals surface area contributed by atoms with Crippen molar-refractivity contribution in [1.82, 2.24) is 4.98 Å². The van der Waals surface area contributed by atoms with Gasteiger partial charge >= 0.3 is 0 Å². The Morgan fingerprint density at radius 2 is 2.24 bits per heavy atom. The Morgan fingerprint density at radius 3 is 3.06 bits per heavy atom. The molecule has 0 N–H and O–H groups in total. The van der Waals surface area contributed by atoms with Gasteiger partial charge in [0.2, 0.25) is 0 Å². The van der Waals surface area contributed by atoms with Gasteiger partial charge in [-0.05, 0) is 30.7 Å². The van der Waals surface area contributed by atoms with Gasteiger partial charge in [-0.25, -0.2) is 0 Å². The average Bonchev–Trinajstić information content (AvgIpc) is 2.37. The maximum absolute atomic E-state index is 10.2. The lowest BCUT2D eigenvalue weighted by atomic mass is 10.2. The van der Waals surface area contributed by atoms with Crippen LogP contribution in [0.3, 0.4) is 0 Å². The molecule has 0 unspecified atom stereocenters. The molecule has 0 saturated heterocycles.